The van der Waals surface area contributed by atoms with Gasteiger partial charge in [-0.2, -0.15) is 0 Å². The molecule has 2 aromatic rings. The molecule has 0 aliphatic rings. The van der Waals surface area contributed by atoms with Gasteiger partial charge < -0.3 is 10.5 Å². The van der Waals surface area contributed by atoms with E-state index in [0.717, 1.165) is 16.5 Å². The summed E-state index contributed by atoms with van der Waals surface area (Å²) in [4.78, 5) is 15.9. The Kier molecular flexibility index (Phi) is 3.89. The van der Waals surface area contributed by atoms with Crippen LogP contribution < -0.4 is 5.73 Å². The Morgan fingerprint density at radius 2 is 2.17 bits per heavy atom. The summed E-state index contributed by atoms with van der Waals surface area (Å²) in [5, 5.41) is 1.06. The molecule has 1 heterocycles. The van der Waals surface area contributed by atoms with Gasteiger partial charge in [0.1, 0.15) is 0 Å². The van der Waals surface area contributed by atoms with Gasteiger partial charge in [-0.1, -0.05) is 18.2 Å². The largest absolute Gasteiger partial charge is 0.469 e. The van der Waals surface area contributed by atoms with E-state index in [9.17, 15) is 4.79 Å². The van der Waals surface area contributed by atoms with Crippen molar-refractivity contribution in [2.45, 2.75) is 6.42 Å². The van der Waals surface area contributed by atoms with Gasteiger partial charge in [0.05, 0.1) is 18.5 Å². The molecule has 0 bridgehead atoms. The molecule has 18 heavy (non-hydrogen) atoms. The summed E-state index contributed by atoms with van der Waals surface area (Å²) in [5.74, 6) is -0.570. The molecule has 1 aromatic carbocycles. The van der Waals surface area contributed by atoms with E-state index >= 15 is 0 Å². The van der Waals surface area contributed by atoms with Gasteiger partial charge in [0.25, 0.3) is 0 Å². The summed E-state index contributed by atoms with van der Waals surface area (Å²) in [7, 11) is 1.38. The lowest BCUT2D eigenvalue weighted by molar-refractivity contribution is -0.145. The first-order valence-corrected chi connectivity index (χ1v) is 5.86. The number of benzene rings is 1. The number of ether oxygens (including phenoxy) is 1. The summed E-state index contributed by atoms with van der Waals surface area (Å²) < 4.78 is 4.75. The molecule has 0 saturated carbocycles. The van der Waals surface area contributed by atoms with E-state index in [4.69, 9.17) is 10.5 Å². The molecular weight excluding hydrogens is 228 g/mol. The van der Waals surface area contributed by atoms with Crippen molar-refractivity contribution in [2.24, 2.45) is 11.7 Å². The second-order valence-corrected chi connectivity index (χ2v) is 4.15. The summed E-state index contributed by atoms with van der Waals surface area (Å²) in [5.41, 5.74) is 7.62. The number of methoxy groups -OCH3 is 1. The van der Waals surface area contributed by atoms with Gasteiger partial charge in [0, 0.05) is 18.1 Å². The minimum Gasteiger partial charge on any atom is -0.469 e. The number of aromatic nitrogens is 1. The zero-order chi connectivity index (χ0) is 13.0. The first kappa shape index (κ1) is 12.5. The quantitative estimate of drug-likeness (QED) is 0.828. The van der Waals surface area contributed by atoms with Crippen LogP contribution in [0.2, 0.25) is 0 Å². The molecule has 0 aliphatic carbocycles. The number of pyridine rings is 1. The Morgan fingerprint density at radius 1 is 1.39 bits per heavy atom. The third-order valence-corrected chi connectivity index (χ3v) is 3.02. The summed E-state index contributed by atoms with van der Waals surface area (Å²) >= 11 is 0. The first-order chi connectivity index (χ1) is 8.76. The molecule has 1 aromatic heterocycles. The lowest BCUT2D eigenvalue weighted by Crippen LogP contribution is -2.26. The lowest BCUT2D eigenvalue weighted by Gasteiger charge is -2.13. The fourth-order valence-electron chi connectivity index (χ4n) is 2.03. The molecule has 4 heteroatoms. The van der Waals surface area contributed by atoms with E-state index in [1.54, 1.807) is 6.20 Å². The predicted octanol–water partition coefficient (Wildman–Crippen LogP) is 1.53. The highest BCUT2D eigenvalue weighted by Crippen LogP contribution is 2.19. The third-order valence-electron chi connectivity index (χ3n) is 3.02. The van der Waals surface area contributed by atoms with Crippen LogP contribution in [0.5, 0.6) is 0 Å². The number of nitrogens with two attached hydrogens (primary N) is 1. The van der Waals surface area contributed by atoms with Gasteiger partial charge in [0.2, 0.25) is 0 Å². The van der Waals surface area contributed by atoms with E-state index in [0.29, 0.717) is 6.42 Å². The fourth-order valence-corrected chi connectivity index (χ4v) is 2.03. The smallest absolute Gasteiger partial charge is 0.310 e. The number of rotatable bonds is 4. The van der Waals surface area contributed by atoms with Crippen LogP contribution in [0, 0.1) is 5.92 Å². The molecule has 4 nitrogen and oxygen atoms in total. The maximum atomic E-state index is 11.6. The molecule has 2 rings (SSSR count). The zero-order valence-electron chi connectivity index (χ0n) is 10.3. The topological polar surface area (TPSA) is 65.2 Å². The summed E-state index contributed by atoms with van der Waals surface area (Å²) in [6, 6.07) is 9.79. The van der Waals surface area contributed by atoms with Crippen molar-refractivity contribution in [1.29, 1.82) is 0 Å². The van der Waals surface area contributed by atoms with Crippen LogP contribution in [0.25, 0.3) is 10.9 Å². The van der Waals surface area contributed by atoms with E-state index < -0.39 is 0 Å². The Hall–Kier alpha value is -1.94. The van der Waals surface area contributed by atoms with Crippen molar-refractivity contribution in [3.8, 4) is 0 Å². The highest BCUT2D eigenvalue weighted by atomic mass is 16.5. The van der Waals surface area contributed by atoms with Gasteiger partial charge in [-0.25, -0.2) is 0 Å². The van der Waals surface area contributed by atoms with Crippen LogP contribution in [-0.4, -0.2) is 24.6 Å². The standard InChI is InChI=1S/C14H16N2O2/c1-18-14(17)11(9-15)8-10-6-7-16-13-5-3-2-4-12(10)13/h2-7,11H,8-9,15H2,1H3. The van der Waals surface area contributed by atoms with Crippen LogP contribution >= 0.6 is 0 Å². The van der Waals surface area contributed by atoms with Crippen molar-refractivity contribution in [3.63, 3.8) is 0 Å². The predicted molar refractivity (Wildman–Crippen MR) is 70.0 cm³/mol. The molecule has 0 fully saturated rings. The average Bonchev–Trinajstić information content (AvgIpc) is 2.44. The normalized spacial score (nSPS) is 12.3. The monoisotopic (exact) mass is 244 g/mol. The number of fused-ring (bicyclic) bond motifs is 1. The van der Waals surface area contributed by atoms with Crippen LogP contribution in [0.1, 0.15) is 5.56 Å². The molecule has 0 spiro atoms. The molecule has 1 unspecified atom stereocenters. The van der Waals surface area contributed by atoms with Crippen LogP contribution in [0.15, 0.2) is 36.5 Å². The van der Waals surface area contributed by atoms with Crippen molar-refractivity contribution >= 4 is 16.9 Å². The number of esters is 1. The van der Waals surface area contributed by atoms with Crippen molar-refractivity contribution in [3.05, 3.63) is 42.1 Å². The number of carbonyl (C=O) groups is 1. The van der Waals surface area contributed by atoms with Gasteiger partial charge in [-0.05, 0) is 24.1 Å². The summed E-state index contributed by atoms with van der Waals surface area (Å²) in [6.45, 7) is 0.281. The van der Waals surface area contributed by atoms with Crippen LogP contribution in [0.3, 0.4) is 0 Å². The maximum absolute atomic E-state index is 11.6. The molecule has 94 valence electrons. The number of hydrogen-bond acceptors (Lipinski definition) is 4. The van der Waals surface area contributed by atoms with Crippen molar-refractivity contribution < 1.29 is 9.53 Å². The molecule has 1 atom stereocenters. The highest BCUT2D eigenvalue weighted by molar-refractivity contribution is 5.82. The molecule has 0 amide bonds. The average molecular weight is 244 g/mol. The first-order valence-electron chi connectivity index (χ1n) is 5.86. The van der Waals surface area contributed by atoms with Gasteiger partial charge >= 0.3 is 5.97 Å². The minimum atomic E-state index is -0.305. The second-order valence-electron chi connectivity index (χ2n) is 4.15. The van der Waals surface area contributed by atoms with Crippen LogP contribution in [0.4, 0.5) is 0 Å². The van der Waals surface area contributed by atoms with Gasteiger partial charge in [0.15, 0.2) is 0 Å². The van der Waals surface area contributed by atoms with E-state index in [2.05, 4.69) is 4.98 Å². The van der Waals surface area contributed by atoms with Crippen molar-refractivity contribution in [1.82, 2.24) is 4.98 Å². The zero-order valence-corrected chi connectivity index (χ0v) is 10.3. The molecule has 0 radical (unpaired) electrons. The van der Waals surface area contributed by atoms with Gasteiger partial charge in [-0.15, -0.1) is 0 Å². The number of para-hydroxylation sites is 1. The van der Waals surface area contributed by atoms with Gasteiger partial charge in [-0.3, -0.25) is 9.78 Å². The Bertz CT molecular complexity index is 549. The lowest BCUT2D eigenvalue weighted by atomic mass is 9.97. The number of nitrogens with zero attached hydrogens (tertiary/aromatic N) is 1. The third kappa shape index (κ3) is 2.49. The number of hydrogen-bond donors (Lipinski definition) is 1. The molecular formula is C14H16N2O2. The Labute approximate surface area is 106 Å². The Balaban J connectivity index is 2.33. The number of carbonyl (C=O) groups excluding carboxylic acids is 1. The van der Waals surface area contributed by atoms with Crippen molar-refractivity contribution in [2.75, 3.05) is 13.7 Å². The summed E-state index contributed by atoms with van der Waals surface area (Å²) in [6.07, 6.45) is 2.33. The van der Waals surface area contributed by atoms with E-state index in [-0.39, 0.29) is 18.4 Å². The molecule has 2 N–H and O–H groups in total. The molecule has 0 saturated heterocycles. The SMILES string of the molecule is COC(=O)C(CN)Cc1ccnc2ccccc12. The van der Waals surface area contributed by atoms with Crippen LogP contribution in [-0.2, 0) is 16.0 Å². The molecule has 0 aliphatic heterocycles. The maximum Gasteiger partial charge on any atom is 0.310 e. The minimum absolute atomic E-state index is 0.265. The second kappa shape index (κ2) is 5.60. The van der Waals surface area contributed by atoms with E-state index in [1.807, 2.05) is 30.3 Å². The van der Waals surface area contributed by atoms with E-state index in [1.165, 1.54) is 7.11 Å². The fraction of sp³-hybridized carbons (Fsp3) is 0.286. The highest BCUT2D eigenvalue weighted by Gasteiger charge is 2.18. The Morgan fingerprint density at radius 3 is 2.89 bits per heavy atom.